The van der Waals surface area contributed by atoms with Gasteiger partial charge in [-0.3, -0.25) is 10.1 Å². The number of carbonyl (C=O) groups excluding carboxylic acids is 2. The maximum atomic E-state index is 12.5. The molecule has 0 heterocycles. The van der Waals surface area contributed by atoms with Gasteiger partial charge in [0.15, 0.2) is 0 Å². The van der Waals surface area contributed by atoms with Crippen molar-refractivity contribution in [1.29, 1.82) is 0 Å². The molecule has 2 amide bonds. The van der Waals surface area contributed by atoms with Gasteiger partial charge in [0.25, 0.3) is 5.91 Å². The lowest BCUT2D eigenvalue weighted by Crippen LogP contribution is -2.34. The predicted octanol–water partition coefficient (Wildman–Crippen LogP) is 4.19. The van der Waals surface area contributed by atoms with Crippen LogP contribution in [0.3, 0.4) is 0 Å². The highest BCUT2D eigenvalue weighted by atomic mass is 16.5. The average molecular weight is 357 g/mol. The molecule has 2 aliphatic carbocycles. The van der Waals surface area contributed by atoms with E-state index >= 15 is 0 Å². The van der Waals surface area contributed by atoms with Crippen LogP contribution in [0.4, 0.5) is 10.5 Å². The van der Waals surface area contributed by atoms with Gasteiger partial charge in [-0.2, -0.15) is 5.10 Å². The van der Waals surface area contributed by atoms with Gasteiger partial charge in [-0.15, -0.1) is 0 Å². The molecule has 0 unspecified atom stereocenters. The number of amides is 2. The number of hydrogen-bond acceptors (Lipinski definition) is 4. The van der Waals surface area contributed by atoms with Crippen LogP contribution in [0.25, 0.3) is 0 Å². The van der Waals surface area contributed by atoms with Gasteiger partial charge in [-0.05, 0) is 55.7 Å². The summed E-state index contributed by atoms with van der Waals surface area (Å²) < 4.78 is 4.85. The molecule has 0 aliphatic heterocycles. The van der Waals surface area contributed by atoms with Crippen molar-refractivity contribution in [2.24, 2.45) is 21.8 Å². The molecule has 2 aliphatic rings. The van der Waals surface area contributed by atoms with Crippen LogP contribution in [0.1, 0.15) is 57.3 Å². The minimum Gasteiger partial charge on any atom is -0.450 e. The molecule has 2 atom stereocenters. The summed E-state index contributed by atoms with van der Waals surface area (Å²) >= 11 is 0. The fraction of sp³-hybridized carbons (Fsp3) is 0.550. The topological polar surface area (TPSA) is 79.8 Å². The van der Waals surface area contributed by atoms with E-state index in [1.54, 1.807) is 31.2 Å². The third kappa shape index (κ3) is 3.08. The number of carbonyl (C=O) groups is 2. The number of nitrogens with one attached hydrogen (secondary N) is 2. The first kappa shape index (κ1) is 18.4. The summed E-state index contributed by atoms with van der Waals surface area (Å²) in [6.07, 6.45) is 2.77. The Labute approximate surface area is 154 Å². The molecule has 140 valence electrons. The predicted molar refractivity (Wildman–Crippen MR) is 101 cm³/mol. The van der Waals surface area contributed by atoms with Crippen LogP contribution in [-0.2, 0) is 4.74 Å². The Hall–Kier alpha value is -2.37. The normalized spacial score (nSPS) is 27.4. The molecule has 6 heteroatoms. The maximum Gasteiger partial charge on any atom is 0.411 e. The molecular formula is C20H27N3O3. The van der Waals surface area contributed by atoms with Gasteiger partial charge in [-0.25, -0.2) is 10.2 Å². The van der Waals surface area contributed by atoms with Gasteiger partial charge in [0.05, 0.1) is 6.61 Å². The quantitative estimate of drug-likeness (QED) is 0.793. The third-order valence-electron chi connectivity index (χ3n) is 6.45. The first-order valence-electron chi connectivity index (χ1n) is 9.19. The Morgan fingerprint density at radius 2 is 2.08 bits per heavy atom. The molecule has 0 spiro atoms. The summed E-state index contributed by atoms with van der Waals surface area (Å²) in [5, 5.41) is 7.07. The summed E-state index contributed by atoms with van der Waals surface area (Å²) in [6, 6.07) is 6.72. The molecule has 1 aromatic carbocycles. The molecule has 2 bridgehead atoms. The molecule has 6 nitrogen and oxygen atoms in total. The molecule has 2 fully saturated rings. The minimum absolute atomic E-state index is 0.0538. The van der Waals surface area contributed by atoms with Gasteiger partial charge in [0.1, 0.15) is 0 Å². The Morgan fingerprint density at radius 1 is 1.31 bits per heavy atom. The highest BCUT2D eigenvalue weighted by Gasteiger charge is 2.60. The molecule has 0 radical (unpaired) electrons. The monoisotopic (exact) mass is 357 g/mol. The first-order valence-corrected chi connectivity index (χ1v) is 9.19. The van der Waals surface area contributed by atoms with E-state index in [1.807, 2.05) is 0 Å². The zero-order valence-corrected chi connectivity index (χ0v) is 15.9. The molecular weight excluding hydrogens is 330 g/mol. The van der Waals surface area contributed by atoms with Crippen LogP contribution in [0.15, 0.2) is 29.4 Å². The third-order valence-corrected chi connectivity index (χ3v) is 6.45. The molecule has 1 aromatic rings. The highest BCUT2D eigenvalue weighted by molar-refractivity contribution is 5.99. The minimum atomic E-state index is -0.539. The van der Waals surface area contributed by atoms with Crippen molar-refractivity contribution < 1.29 is 14.3 Å². The summed E-state index contributed by atoms with van der Waals surface area (Å²) in [6.45, 7) is 8.90. The van der Waals surface area contributed by atoms with Crippen molar-refractivity contribution in [2.45, 2.75) is 47.0 Å². The lowest BCUT2D eigenvalue weighted by atomic mass is 9.70. The van der Waals surface area contributed by atoms with Crippen molar-refractivity contribution in [3.63, 3.8) is 0 Å². The summed E-state index contributed by atoms with van der Waals surface area (Å²) in [5.74, 6) is 0.356. The second-order valence-electron chi connectivity index (χ2n) is 7.92. The van der Waals surface area contributed by atoms with E-state index in [9.17, 15) is 9.59 Å². The Morgan fingerprint density at radius 3 is 2.69 bits per heavy atom. The van der Waals surface area contributed by atoms with Crippen molar-refractivity contribution in [3.8, 4) is 0 Å². The summed E-state index contributed by atoms with van der Waals surface area (Å²) in [5.41, 5.74) is 5.02. The molecule has 2 saturated carbocycles. The van der Waals surface area contributed by atoms with Gasteiger partial charge in [-0.1, -0.05) is 26.8 Å². The SMILES string of the molecule is CCOC(=O)Nc1cccc(C(=O)N/N=C2/C[C@H]3CC[C@@]2(C)C3(C)C)c1. The Balaban J connectivity index is 1.69. The van der Waals surface area contributed by atoms with Crippen molar-refractivity contribution in [2.75, 3.05) is 11.9 Å². The van der Waals surface area contributed by atoms with E-state index in [4.69, 9.17) is 4.74 Å². The number of ether oxygens (including phenoxy) is 1. The van der Waals surface area contributed by atoms with Gasteiger partial charge < -0.3 is 4.74 Å². The Bertz CT molecular complexity index is 756. The molecule has 0 aromatic heterocycles. The van der Waals surface area contributed by atoms with Crippen LogP contribution in [0.2, 0.25) is 0 Å². The lowest BCUT2D eigenvalue weighted by Gasteiger charge is -2.34. The zero-order chi connectivity index (χ0) is 18.9. The standard InChI is InChI=1S/C20H27N3O3/c1-5-26-18(25)21-15-8-6-7-13(11-15)17(24)23-22-16-12-14-9-10-20(16,4)19(14,2)3/h6-8,11,14H,5,9-10,12H2,1-4H3,(H,21,25)(H,23,24)/b22-16-/t14-,20-/m1/s1. The molecule has 0 saturated heterocycles. The van der Waals surface area contributed by atoms with E-state index in [-0.39, 0.29) is 16.7 Å². The Kier molecular flexibility index (Phi) is 4.78. The van der Waals surface area contributed by atoms with E-state index in [2.05, 4.69) is 36.6 Å². The first-order chi connectivity index (χ1) is 12.3. The number of nitrogens with zero attached hydrogens (tertiary/aromatic N) is 1. The van der Waals surface area contributed by atoms with Gasteiger partial charge in [0.2, 0.25) is 0 Å². The fourth-order valence-corrected chi connectivity index (χ4v) is 4.30. The van der Waals surface area contributed by atoms with Crippen molar-refractivity contribution >= 4 is 23.4 Å². The molecule has 26 heavy (non-hydrogen) atoms. The number of hydrazone groups is 1. The van der Waals surface area contributed by atoms with Crippen LogP contribution in [-0.4, -0.2) is 24.3 Å². The fourth-order valence-electron chi connectivity index (χ4n) is 4.30. The number of anilines is 1. The second-order valence-corrected chi connectivity index (χ2v) is 7.92. The van der Waals surface area contributed by atoms with E-state index in [0.717, 1.165) is 18.6 Å². The molecule has 2 N–H and O–H groups in total. The van der Waals surface area contributed by atoms with Crippen LogP contribution >= 0.6 is 0 Å². The van der Waals surface area contributed by atoms with E-state index < -0.39 is 6.09 Å². The number of rotatable bonds is 4. The maximum absolute atomic E-state index is 12.5. The van der Waals surface area contributed by atoms with E-state index in [0.29, 0.717) is 23.8 Å². The van der Waals surface area contributed by atoms with Crippen LogP contribution in [0, 0.1) is 16.7 Å². The summed E-state index contributed by atoms with van der Waals surface area (Å²) in [7, 11) is 0. The van der Waals surface area contributed by atoms with Gasteiger partial charge in [0, 0.05) is 22.4 Å². The van der Waals surface area contributed by atoms with E-state index in [1.165, 1.54) is 6.42 Å². The zero-order valence-electron chi connectivity index (χ0n) is 15.9. The lowest BCUT2D eigenvalue weighted by molar-refractivity contribution is 0.0953. The number of benzene rings is 1. The largest absolute Gasteiger partial charge is 0.450 e. The summed E-state index contributed by atoms with van der Waals surface area (Å²) in [4.78, 5) is 24.0. The van der Waals surface area contributed by atoms with Crippen LogP contribution in [0.5, 0.6) is 0 Å². The average Bonchev–Trinajstić information content (AvgIpc) is 2.93. The van der Waals surface area contributed by atoms with Crippen molar-refractivity contribution in [1.82, 2.24) is 5.43 Å². The number of hydrogen-bond donors (Lipinski definition) is 2. The highest BCUT2D eigenvalue weighted by Crippen LogP contribution is 2.63. The second kappa shape index (κ2) is 6.74. The van der Waals surface area contributed by atoms with Crippen molar-refractivity contribution in [3.05, 3.63) is 29.8 Å². The molecule has 3 rings (SSSR count). The smallest absolute Gasteiger partial charge is 0.411 e. The van der Waals surface area contributed by atoms with Gasteiger partial charge >= 0.3 is 6.09 Å². The number of fused-ring (bicyclic) bond motifs is 2. The van der Waals surface area contributed by atoms with Crippen LogP contribution < -0.4 is 10.7 Å².